The number of rotatable bonds is 6. The molecule has 0 aromatic heterocycles. The van der Waals surface area contributed by atoms with Gasteiger partial charge < -0.3 is 10.1 Å². The third-order valence-corrected chi connectivity index (χ3v) is 4.64. The van der Waals surface area contributed by atoms with E-state index in [1.807, 2.05) is 0 Å². The van der Waals surface area contributed by atoms with Crippen LogP contribution in [0.25, 0.3) is 0 Å². The first-order valence-corrected chi connectivity index (χ1v) is 7.40. The summed E-state index contributed by atoms with van der Waals surface area (Å²) >= 11 is 0. The molecule has 0 bridgehead atoms. The Morgan fingerprint density at radius 3 is 2.29 bits per heavy atom. The van der Waals surface area contributed by atoms with E-state index < -0.39 is 0 Å². The quantitative estimate of drug-likeness (QED) is 0.767. The third-order valence-electron chi connectivity index (χ3n) is 4.64. The molecule has 2 unspecified atom stereocenters. The van der Waals surface area contributed by atoms with Crippen LogP contribution in [0.1, 0.15) is 59.8 Å². The van der Waals surface area contributed by atoms with Crippen LogP contribution in [-0.4, -0.2) is 25.3 Å². The molecule has 1 aliphatic rings. The van der Waals surface area contributed by atoms with Crippen LogP contribution in [0.5, 0.6) is 0 Å². The molecule has 1 rings (SSSR count). The number of nitrogens with one attached hydrogen (secondary N) is 1. The summed E-state index contributed by atoms with van der Waals surface area (Å²) in [6, 6.07) is 0.500. The van der Waals surface area contributed by atoms with Crippen molar-refractivity contribution < 1.29 is 4.74 Å². The van der Waals surface area contributed by atoms with E-state index in [0.717, 1.165) is 12.5 Å². The van der Waals surface area contributed by atoms with E-state index in [2.05, 4.69) is 40.1 Å². The van der Waals surface area contributed by atoms with E-state index in [0.29, 0.717) is 12.0 Å². The molecule has 0 saturated heterocycles. The molecule has 0 heterocycles. The van der Waals surface area contributed by atoms with Gasteiger partial charge in [0.25, 0.3) is 0 Å². The van der Waals surface area contributed by atoms with Gasteiger partial charge in [-0.15, -0.1) is 0 Å². The van der Waals surface area contributed by atoms with E-state index in [4.69, 9.17) is 4.74 Å². The van der Waals surface area contributed by atoms with Crippen molar-refractivity contribution in [1.82, 2.24) is 5.32 Å². The Labute approximate surface area is 108 Å². The summed E-state index contributed by atoms with van der Waals surface area (Å²) in [5.41, 5.74) is 0.0887. The van der Waals surface area contributed by atoms with E-state index >= 15 is 0 Å². The van der Waals surface area contributed by atoms with Gasteiger partial charge >= 0.3 is 0 Å². The Kier molecular flexibility index (Phi) is 5.94. The van der Waals surface area contributed by atoms with Crippen LogP contribution in [-0.2, 0) is 4.74 Å². The molecule has 1 saturated carbocycles. The first-order valence-electron chi connectivity index (χ1n) is 7.40. The molecule has 2 atom stereocenters. The van der Waals surface area contributed by atoms with E-state index in [1.165, 1.54) is 32.1 Å². The maximum atomic E-state index is 6.23. The SMILES string of the molecule is CCOC1(C(NC)C(C)CC)CCC(C)CC1. The second-order valence-corrected chi connectivity index (χ2v) is 5.83. The van der Waals surface area contributed by atoms with Crippen molar-refractivity contribution in [2.75, 3.05) is 13.7 Å². The summed E-state index contributed by atoms with van der Waals surface area (Å²) in [5.74, 6) is 1.55. The second kappa shape index (κ2) is 6.75. The summed E-state index contributed by atoms with van der Waals surface area (Å²) in [5, 5.41) is 3.54. The first-order chi connectivity index (χ1) is 8.09. The molecule has 0 amide bonds. The minimum absolute atomic E-state index is 0.0887. The Bertz CT molecular complexity index is 209. The summed E-state index contributed by atoms with van der Waals surface area (Å²) in [4.78, 5) is 0. The van der Waals surface area contributed by atoms with Gasteiger partial charge in [0.1, 0.15) is 0 Å². The minimum atomic E-state index is 0.0887. The van der Waals surface area contributed by atoms with Gasteiger partial charge in [0.15, 0.2) is 0 Å². The number of hydrogen-bond acceptors (Lipinski definition) is 2. The Morgan fingerprint density at radius 1 is 1.29 bits per heavy atom. The van der Waals surface area contributed by atoms with Crippen molar-refractivity contribution in [3.63, 3.8) is 0 Å². The molecule has 0 aliphatic heterocycles. The van der Waals surface area contributed by atoms with Crippen LogP contribution in [0.4, 0.5) is 0 Å². The van der Waals surface area contributed by atoms with Gasteiger partial charge in [-0.25, -0.2) is 0 Å². The standard InChI is InChI=1S/C15H31NO/c1-6-13(4)14(16-5)15(17-7-2)10-8-12(3)9-11-15/h12-14,16H,6-11H2,1-5H3. The van der Waals surface area contributed by atoms with Gasteiger partial charge in [0, 0.05) is 12.6 Å². The third kappa shape index (κ3) is 3.45. The van der Waals surface area contributed by atoms with Crippen LogP contribution in [0.15, 0.2) is 0 Å². The van der Waals surface area contributed by atoms with E-state index in [9.17, 15) is 0 Å². The highest BCUT2D eigenvalue weighted by Crippen LogP contribution is 2.39. The highest BCUT2D eigenvalue weighted by atomic mass is 16.5. The fourth-order valence-corrected chi connectivity index (χ4v) is 3.39. The molecule has 0 spiro atoms. The summed E-state index contributed by atoms with van der Waals surface area (Å²) in [6.07, 6.45) is 6.29. The molecule has 102 valence electrons. The number of likely N-dealkylation sites (N-methyl/N-ethyl adjacent to an activating group) is 1. The zero-order valence-corrected chi connectivity index (χ0v) is 12.4. The minimum Gasteiger partial charge on any atom is -0.374 e. The van der Waals surface area contributed by atoms with Crippen molar-refractivity contribution in [2.45, 2.75) is 71.4 Å². The van der Waals surface area contributed by atoms with Gasteiger partial charge in [0.05, 0.1) is 5.60 Å². The van der Waals surface area contributed by atoms with Gasteiger partial charge in [0.2, 0.25) is 0 Å². The van der Waals surface area contributed by atoms with E-state index in [1.54, 1.807) is 0 Å². The van der Waals surface area contributed by atoms with Gasteiger partial charge in [-0.05, 0) is 51.5 Å². The Balaban J connectivity index is 2.81. The lowest BCUT2D eigenvalue weighted by Crippen LogP contribution is -2.56. The zero-order valence-electron chi connectivity index (χ0n) is 12.4. The van der Waals surface area contributed by atoms with Crippen molar-refractivity contribution in [3.8, 4) is 0 Å². The normalized spacial score (nSPS) is 33.4. The zero-order chi connectivity index (χ0) is 12.9. The van der Waals surface area contributed by atoms with Crippen LogP contribution < -0.4 is 5.32 Å². The first kappa shape index (κ1) is 15.0. The van der Waals surface area contributed by atoms with Crippen molar-refractivity contribution >= 4 is 0 Å². The predicted molar refractivity (Wildman–Crippen MR) is 74.3 cm³/mol. The molecule has 1 fully saturated rings. The lowest BCUT2D eigenvalue weighted by Gasteiger charge is -2.47. The smallest absolute Gasteiger partial charge is 0.0837 e. The molecule has 1 aliphatic carbocycles. The average molecular weight is 241 g/mol. The molecule has 1 N–H and O–H groups in total. The topological polar surface area (TPSA) is 21.3 Å². The van der Waals surface area contributed by atoms with Crippen molar-refractivity contribution in [2.24, 2.45) is 11.8 Å². The van der Waals surface area contributed by atoms with Crippen molar-refractivity contribution in [3.05, 3.63) is 0 Å². The summed E-state index contributed by atoms with van der Waals surface area (Å²) in [7, 11) is 2.09. The van der Waals surface area contributed by atoms with Gasteiger partial charge in [-0.1, -0.05) is 27.2 Å². The Hall–Kier alpha value is -0.0800. The Morgan fingerprint density at radius 2 is 1.88 bits per heavy atom. The maximum absolute atomic E-state index is 6.23. The lowest BCUT2D eigenvalue weighted by atomic mass is 9.71. The molecule has 0 aromatic carbocycles. The molecule has 0 radical (unpaired) electrons. The molecular formula is C15H31NO. The molecule has 17 heavy (non-hydrogen) atoms. The van der Waals surface area contributed by atoms with Gasteiger partial charge in [-0.3, -0.25) is 0 Å². The van der Waals surface area contributed by atoms with E-state index in [-0.39, 0.29) is 5.60 Å². The molecule has 2 heteroatoms. The number of hydrogen-bond donors (Lipinski definition) is 1. The van der Waals surface area contributed by atoms with Crippen LogP contribution in [0.3, 0.4) is 0 Å². The van der Waals surface area contributed by atoms with Crippen LogP contribution >= 0.6 is 0 Å². The average Bonchev–Trinajstić information content (AvgIpc) is 2.34. The monoisotopic (exact) mass is 241 g/mol. The fourth-order valence-electron chi connectivity index (χ4n) is 3.39. The molecule has 0 aromatic rings. The largest absolute Gasteiger partial charge is 0.374 e. The second-order valence-electron chi connectivity index (χ2n) is 5.83. The predicted octanol–water partition coefficient (Wildman–Crippen LogP) is 3.61. The van der Waals surface area contributed by atoms with Crippen LogP contribution in [0, 0.1) is 11.8 Å². The molecular weight excluding hydrogens is 210 g/mol. The number of ether oxygens (including phenoxy) is 1. The van der Waals surface area contributed by atoms with Gasteiger partial charge in [-0.2, -0.15) is 0 Å². The molecule has 2 nitrogen and oxygen atoms in total. The highest BCUT2D eigenvalue weighted by molar-refractivity contribution is 4.98. The highest BCUT2D eigenvalue weighted by Gasteiger charge is 2.43. The maximum Gasteiger partial charge on any atom is 0.0837 e. The summed E-state index contributed by atoms with van der Waals surface area (Å²) < 4.78 is 6.23. The van der Waals surface area contributed by atoms with Crippen molar-refractivity contribution in [1.29, 1.82) is 0 Å². The summed E-state index contributed by atoms with van der Waals surface area (Å²) in [6.45, 7) is 9.96. The fraction of sp³-hybridized carbons (Fsp3) is 1.00. The lowest BCUT2D eigenvalue weighted by molar-refractivity contribution is -0.106. The van der Waals surface area contributed by atoms with Crippen LogP contribution in [0.2, 0.25) is 0 Å².